The summed E-state index contributed by atoms with van der Waals surface area (Å²) in [6, 6.07) is 5.18. The third-order valence-electron chi connectivity index (χ3n) is 4.13. The first-order valence-corrected chi connectivity index (χ1v) is 7.82. The van der Waals surface area contributed by atoms with Crippen LogP contribution in [-0.4, -0.2) is 11.9 Å². The van der Waals surface area contributed by atoms with Gasteiger partial charge in [0.25, 0.3) is 5.91 Å². The second-order valence-electron chi connectivity index (χ2n) is 7.82. The van der Waals surface area contributed by atoms with Gasteiger partial charge in [-0.3, -0.25) is 4.79 Å². The largest absolute Gasteiger partial charge is 0.399 e. The molecule has 0 unspecified atom stereocenters. The Morgan fingerprint density at radius 1 is 1.24 bits per heavy atom. The minimum absolute atomic E-state index is 0.134. The Balaban J connectivity index is 2.14. The van der Waals surface area contributed by atoms with Crippen LogP contribution in [0.3, 0.4) is 0 Å². The molecule has 1 aromatic carbocycles. The number of nitrogens with two attached hydrogens (primary N) is 1. The molecule has 0 aromatic heterocycles. The monoisotopic (exact) mass is 308 g/mol. The second-order valence-corrected chi connectivity index (χ2v) is 8.23. The van der Waals surface area contributed by atoms with Crippen LogP contribution >= 0.6 is 11.6 Å². The number of nitrogen functional groups attached to an aromatic ring is 1. The van der Waals surface area contributed by atoms with Gasteiger partial charge in [0.05, 0.1) is 10.6 Å². The molecule has 1 aliphatic rings. The van der Waals surface area contributed by atoms with Crippen LogP contribution in [0.1, 0.15) is 57.3 Å². The summed E-state index contributed by atoms with van der Waals surface area (Å²) in [6.45, 7) is 9.06. The maximum absolute atomic E-state index is 12.5. The summed E-state index contributed by atoms with van der Waals surface area (Å²) in [5.41, 5.74) is 7.22. The molecule has 0 saturated heterocycles. The van der Waals surface area contributed by atoms with Crippen molar-refractivity contribution in [3.8, 4) is 0 Å². The second kappa shape index (κ2) is 5.53. The third-order valence-corrected chi connectivity index (χ3v) is 4.45. The summed E-state index contributed by atoms with van der Waals surface area (Å²) >= 11 is 6.10. The maximum Gasteiger partial charge on any atom is 0.253 e. The fourth-order valence-electron chi connectivity index (χ4n) is 3.93. The van der Waals surface area contributed by atoms with Gasteiger partial charge in [0.2, 0.25) is 0 Å². The molecule has 2 rings (SSSR count). The first kappa shape index (κ1) is 16.2. The normalized spacial score (nSPS) is 21.0. The van der Waals surface area contributed by atoms with Crippen LogP contribution in [0.2, 0.25) is 5.02 Å². The van der Waals surface area contributed by atoms with Gasteiger partial charge in [-0.05, 0) is 48.3 Å². The summed E-state index contributed by atoms with van der Waals surface area (Å²) in [7, 11) is 0. The van der Waals surface area contributed by atoms with Gasteiger partial charge in [-0.2, -0.15) is 0 Å². The topological polar surface area (TPSA) is 55.1 Å². The van der Waals surface area contributed by atoms with Crippen molar-refractivity contribution in [2.24, 2.45) is 10.8 Å². The van der Waals surface area contributed by atoms with Gasteiger partial charge < -0.3 is 11.1 Å². The van der Waals surface area contributed by atoms with Crippen LogP contribution in [-0.2, 0) is 0 Å². The summed E-state index contributed by atoms with van der Waals surface area (Å²) in [5, 5.41) is 3.58. The van der Waals surface area contributed by atoms with Gasteiger partial charge >= 0.3 is 0 Å². The van der Waals surface area contributed by atoms with E-state index in [2.05, 4.69) is 33.0 Å². The molecule has 1 aromatic rings. The minimum atomic E-state index is -0.134. The van der Waals surface area contributed by atoms with E-state index in [-0.39, 0.29) is 22.8 Å². The van der Waals surface area contributed by atoms with Crippen molar-refractivity contribution in [3.63, 3.8) is 0 Å². The average Bonchev–Trinajstić information content (AvgIpc) is 2.27. The van der Waals surface area contributed by atoms with Gasteiger partial charge in [0, 0.05) is 11.7 Å². The van der Waals surface area contributed by atoms with Crippen LogP contribution in [0, 0.1) is 10.8 Å². The van der Waals surface area contributed by atoms with E-state index in [4.69, 9.17) is 17.3 Å². The SMILES string of the molecule is CC1(C)CC(NC(=O)c2cc(N)ccc2Cl)CC(C)(C)C1. The van der Waals surface area contributed by atoms with E-state index >= 15 is 0 Å². The lowest BCUT2D eigenvalue weighted by molar-refractivity contribution is 0.0714. The molecule has 1 fully saturated rings. The lowest BCUT2D eigenvalue weighted by Crippen LogP contribution is -2.46. The van der Waals surface area contributed by atoms with Crippen molar-refractivity contribution in [2.45, 2.75) is 53.0 Å². The maximum atomic E-state index is 12.5. The Labute approximate surface area is 132 Å². The van der Waals surface area contributed by atoms with Gasteiger partial charge in [-0.25, -0.2) is 0 Å². The first-order chi connectivity index (χ1) is 9.58. The number of hydrogen-bond acceptors (Lipinski definition) is 2. The number of rotatable bonds is 2. The van der Waals surface area contributed by atoms with Crippen LogP contribution in [0.5, 0.6) is 0 Å². The summed E-state index contributed by atoms with van der Waals surface area (Å²) < 4.78 is 0. The molecule has 1 saturated carbocycles. The molecule has 0 aliphatic heterocycles. The number of carbonyl (C=O) groups excluding carboxylic acids is 1. The van der Waals surface area contributed by atoms with Crippen molar-refractivity contribution in [3.05, 3.63) is 28.8 Å². The zero-order valence-corrected chi connectivity index (χ0v) is 14.1. The van der Waals surface area contributed by atoms with E-state index in [0.29, 0.717) is 16.3 Å². The van der Waals surface area contributed by atoms with Crippen LogP contribution in [0.15, 0.2) is 18.2 Å². The van der Waals surface area contributed by atoms with E-state index in [1.165, 1.54) is 6.42 Å². The van der Waals surface area contributed by atoms with Crippen molar-refractivity contribution in [1.82, 2.24) is 5.32 Å². The fourth-order valence-corrected chi connectivity index (χ4v) is 4.13. The van der Waals surface area contributed by atoms with Crippen LogP contribution < -0.4 is 11.1 Å². The quantitative estimate of drug-likeness (QED) is 0.802. The van der Waals surface area contributed by atoms with Crippen LogP contribution in [0.25, 0.3) is 0 Å². The fraction of sp³-hybridized carbons (Fsp3) is 0.588. The van der Waals surface area contributed by atoms with Gasteiger partial charge in [-0.1, -0.05) is 39.3 Å². The number of nitrogens with one attached hydrogen (secondary N) is 1. The van der Waals surface area contributed by atoms with Gasteiger partial charge in [0.1, 0.15) is 0 Å². The third kappa shape index (κ3) is 4.13. The van der Waals surface area contributed by atoms with Gasteiger partial charge in [0.15, 0.2) is 0 Å². The summed E-state index contributed by atoms with van der Waals surface area (Å²) in [4.78, 5) is 12.5. The number of amides is 1. The zero-order valence-electron chi connectivity index (χ0n) is 13.3. The van der Waals surface area contributed by atoms with E-state index in [1.807, 2.05) is 0 Å². The summed E-state index contributed by atoms with van der Waals surface area (Å²) in [5.74, 6) is -0.134. The number of benzene rings is 1. The number of hydrogen-bond donors (Lipinski definition) is 2. The Hall–Kier alpha value is -1.22. The van der Waals surface area contributed by atoms with Crippen molar-refractivity contribution in [1.29, 1.82) is 0 Å². The van der Waals surface area contributed by atoms with E-state index < -0.39 is 0 Å². The molecule has 116 valence electrons. The predicted octanol–water partition coefficient (Wildman–Crippen LogP) is 4.26. The average molecular weight is 309 g/mol. The molecule has 0 atom stereocenters. The highest BCUT2D eigenvalue weighted by Crippen LogP contribution is 2.45. The molecule has 3 N–H and O–H groups in total. The lowest BCUT2D eigenvalue weighted by Gasteiger charge is -2.45. The molecule has 21 heavy (non-hydrogen) atoms. The molecular weight excluding hydrogens is 284 g/mol. The Kier molecular flexibility index (Phi) is 4.25. The lowest BCUT2D eigenvalue weighted by atomic mass is 9.63. The summed E-state index contributed by atoms with van der Waals surface area (Å²) in [6.07, 6.45) is 3.15. The predicted molar refractivity (Wildman–Crippen MR) is 88.5 cm³/mol. The van der Waals surface area contributed by atoms with Crippen molar-refractivity contribution in [2.75, 3.05) is 5.73 Å². The van der Waals surface area contributed by atoms with Crippen molar-refractivity contribution < 1.29 is 4.79 Å². The molecule has 0 bridgehead atoms. The van der Waals surface area contributed by atoms with Gasteiger partial charge in [-0.15, -0.1) is 0 Å². The number of halogens is 1. The van der Waals surface area contributed by atoms with E-state index in [9.17, 15) is 4.79 Å². The Morgan fingerprint density at radius 3 is 2.38 bits per heavy atom. The molecule has 1 aliphatic carbocycles. The highest BCUT2D eigenvalue weighted by atomic mass is 35.5. The zero-order chi connectivity index (χ0) is 15.8. The molecular formula is C17H25ClN2O. The Bertz CT molecular complexity index is 536. The molecule has 0 spiro atoms. The molecule has 1 amide bonds. The number of carbonyl (C=O) groups is 1. The van der Waals surface area contributed by atoms with E-state index in [0.717, 1.165) is 12.8 Å². The Morgan fingerprint density at radius 2 is 1.81 bits per heavy atom. The molecule has 4 heteroatoms. The highest BCUT2D eigenvalue weighted by molar-refractivity contribution is 6.34. The van der Waals surface area contributed by atoms with E-state index in [1.54, 1.807) is 18.2 Å². The number of anilines is 1. The molecule has 3 nitrogen and oxygen atoms in total. The highest BCUT2D eigenvalue weighted by Gasteiger charge is 2.39. The molecule has 0 heterocycles. The van der Waals surface area contributed by atoms with Crippen molar-refractivity contribution >= 4 is 23.2 Å². The standard InChI is InChI=1S/C17H25ClN2O/c1-16(2)8-12(9-17(3,4)10-16)20-15(21)13-7-11(19)5-6-14(13)18/h5-7,12H,8-10,19H2,1-4H3,(H,20,21). The first-order valence-electron chi connectivity index (χ1n) is 7.44. The van der Waals surface area contributed by atoms with Crippen LogP contribution in [0.4, 0.5) is 5.69 Å². The minimum Gasteiger partial charge on any atom is -0.399 e. The smallest absolute Gasteiger partial charge is 0.253 e. The molecule has 0 radical (unpaired) electrons.